The van der Waals surface area contributed by atoms with E-state index in [2.05, 4.69) is 32.6 Å². The molecule has 0 aromatic heterocycles. The summed E-state index contributed by atoms with van der Waals surface area (Å²) in [5.74, 6) is 1.13. The van der Waals surface area contributed by atoms with Crippen LogP contribution < -0.4 is 10.6 Å². The average Bonchev–Trinajstić information content (AvgIpc) is 2.26. The molecule has 0 saturated heterocycles. The molecular weight excluding hydrogens is 276 g/mol. The van der Waals surface area contributed by atoms with Gasteiger partial charge in [0.25, 0.3) is 0 Å². The van der Waals surface area contributed by atoms with E-state index in [1.165, 1.54) is 0 Å². The van der Waals surface area contributed by atoms with Gasteiger partial charge in [0, 0.05) is 29.4 Å². The van der Waals surface area contributed by atoms with E-state index >= 15 is 0 Å². The zero-order valence-electron chi connectivity index (χ0n) is 12.1. The van der Waals surface area contributed by atoms with Crippen LogP contribution in [0.2, 0.25) is 5.02 Å². The predicted molar refractivity (Wildman–Crippen MR) is 89.2 cm³/mol. The summed E-state index contributed by atoms with van der Waals surface area (Å²) >= 11 is 11.3. The maximum atomic E-state index is 6.13. The number of hydrogen-bond acceptors (Lipinski definition) is 2. The summed E-state index contributed by atoms with van der Waals surface area (Å²) in [5.41, 5.74) is 7.77. The van der Waals surface area contributed by atoms with E-state index in [0.717, 1.165) is 24.3 Å². The summed E-state index contributed by atoms with van der Waals surface area (Å²) in [5, 5.41) is 0.715. The number of nitrogens with zero attached hydrogens (tertiary/aromatic N) is 1. The smallest absolute Gasteiger partial charge is 0.106 e. The van der Waals surface area contributed by atoms with E-state index in [9.17, 15) is 0 Å². The highest BCUT2D eigenvalue weighted by Crippen LogP contribution is 2.26. The molecule has 0 aliphatic heterocycles. The molecular formula is C15H23ClN2S. The van der Waals surface area contributed by atoms with Crippen LogP contribution >= 0.6 is 23.8 Å². The highest BCUT2D eigenvalue weighted by Gasteiger charge is 2.16. The largest absolute Gasteiger partial charge is 0.389 e. The number of halogens is 1. The van der Waals surface area contributed by atoms with Gasteiger partial charge in [-0.15, -0.1) is 0 Å². The van der Waals surface area contributed by atoms with E-state index in [-0.39, 0.29) is 0 Å². The number of hydrogen-bond donors (Lipinski definition) is 1. The van der Waals surface area contributed by atoms with E-state index < -0.39 is 0 Å². The Morgan fingerprint density at radius 2 is 1.74 bits per heavy atom. The second kappa shape index (κ2) is 7.11. The minimum atomic E-state index is 0.421. The number of nitrogens with two attached hydrogens (primary N) is 1. The maximum Gasteiger partial charge on any atom is 0.106 e. The van der Waals surface area contributed by atoms with Gasteiger partial charge in [0.15, 0.2) is 0 Å². The molecule has 0 unspecified atom stereocenters. The molecule has 0 amide bonds. The molecule has 0 atom stereocenters. The summed E-state index contributed by atoms with van der Waals surface area (Å²) in [4.78, 5) is 2.75. The SMILES string of the molecule is CC(C)CN(CC(C)C)c1cc(Cl)ccc1C(N)=S. The van der Waals surface area contributed by atoms with E-state index in [0.29, 0.717) is 21.8 Å². The van der Waals surface area contributed by atoms with Crippen LogP contribution in [-0.4, -0.2) is 18.1 Å². The maximum absolute atomic E-state index is 6.13. The van der Waals surface area contributed by atoms with Crippen LogP contribution in [0.3, 0.4) is 0 Å². The van der Waals surface area contributed by atoms with Gasteiger partial charge in [-0.1, -0.05) is 51.5 Å². The Hall–Kier alpha value is -0.800. The molecule has 106 valence electrons. The van der Waals surface area contributed by atoms with Crippen LogP contribution in [0.25, 0.3) is 0 Å². The molecule has 19 heavy (non-hydrogen) atoms. The number of thiocarbonyl (C=S) groups is 1. The van der Waals surface area contributed by atoms with Crippen LogP contribution in [0, 0.1) is 11.8 Å². The van der Waals surface area contributed by atoms with Crippen molar-refractivity contribution in [3.8, 4) is 0 Å². The highest BCUT2D eigenvalue weighted by atomic mass is 35.5. The molecule has 1 rings (SSSR count). The van der Waals surface area contributed by atoms with E-state index in [1.807, 2.05) is 18.2 Å². The van der Waals surface area contributed by atoms with Crippen molar-refractivity contribution >= 4 is 34.5 Å². The summed E-state index contributed by atoms with van der Waals surface area (Å²) in [6.45, 7) is 10.8. The van der Waals surface area contributed by atoms with Crippen molar-refractivity contribution < 1.29 is 0 Å². The Balaban J connectivity index is 3.18. The van der Waals surface area contributed by atoms with Crippen LogP contribution in [-0.2, 0) is 0 Å². The van der Waals surface area contributed by atoms with Crippen molar-refractivity contribution in [1.29, 1.82) is 0 Å². The second-order valence-electron chi connectivity index (χ2n) is 5.72. The first-order valence-electron chi connectivity index (χ1n) is 6.65. The number of rotatable bonds is 6. The van der Waals surface area contributed by atoms with Crippen molar-refractivity contribution in [1.82, 2.24) is 0 Å². The molecule has 0 fully saturated rings. The molecule has 2 nitrogen and oxygen atoms in total. The van der Waals surface area contributed by atoms with Gasteiger partial charge in [-0.3, -0.25) is 0 Å². The molecule has 1 aromatic carbocycles. The van der Waals surface area contributed by atoms with Gasteiger partial charge in [-0.05, 0) is 30.0 Å². The zero-order valence-corrected chi connectivity index (χ0v) is 13.7. The lowest BCUT2D eigenvalue weighted by Gasteiger charge is -2.30. The first-order valence-corrected chi connectivity index (χ1v) is 7.44. The van der Waals surface area contributed by atoms with Crippen molar-refractivity contribution in [2.24, 2.45) is 17.6 Å². The standard InChI is InChI=1S/C15H23ClN2S/c1-10(2)8-18(9-11(3)4)14-7-12(16)5-6-13(14)15(17)19/h5-7,10-11H,8-9H2,1-4H3,(H2,17,19). The Kier molecular flexibility index (Phi) is 6.08. The Morgan fingerprint density at radius 1 is 1.21 bits per heavy atom. The second-order valence-corrected chi connectivity index (χ2v) is 6.59. The number of benzene rings is 1. The molecule has 0 radical (unpaired) electrons. The molecule has 1 aromatic rings. The molecule has 0 heterocycles. The van der Waals surface area contributed by atoms with Gasteiger partial charge in [0.05, 0.1) is 0 Å². The van der Waals surface area contributed by atoms with E-state index in [4.69, 9.17) is 29.6 Å². The first kappa shape index (κ1) is 16.3. The number of anilines is 1. The third-order valence-electron chi connectivity index (χ3n) is 2.74. The lowest BCUT2D eigenvalue weighted by atomic mass is 10.1. The highest BCUT2D eigenvalue weighted by molar-refractivity contribution is 7.80. The third-order valence-corrected chi connectivity index (χ3v) is 3.19. The van der Waals surface area contributed by atoms with Crippen molar-refractivity contribution in [2.45, 2.75) is 27.7 Å². The topological polar surface area (TPSA) is 29.3 Å². The van der Waals surface area contributed by atoms with Gasteiger partial charge in [-0.25, -0.2) is 0 Å². The van der Waals surface area contributed by atoms with Gasteiger partial charge >= 0.3 is 0 Å². The minimum Gasteiger partial charge on any atom is -0.389 e. The quantitative estimate of drug-likeness (QED) is 0.802. The molecule has 0 aliphatic rings. The van der Waals surface area contributed by atoms with Crippen LogP contribution in [0.15, 0.2) is 18.2 Å². The van der Waals surface area contributed by atoms with Gasteiger partial charge in [-0.2, -0.15) is 0 Å². The van der Waals surface area contributed by atoms with Crippen molar-refractivity contribution in [3.63, 3.8) is 0 Å². The van der Waals surface area contributed by atoms with Crippen molar-refractivity contribution in [2.75, 3.05) is 18.0 Å². The lowest BCUT2D eigenvalue weighted by molar-refractivity contribution is 0.552. The molecule has 4 heteroatoms. The Labute approximate surface area is 126 Å². The van der Waals surface area contributed by atoms with Crippen LogP contribution in [0.4, 0.5) is 5.69 Å². The van der Waals surface area contributed by atoms with Crippen LogP contribution in [0.1, 0.15) is 33.3 Å². The van der Waals surface area contributed by atoms with Crippen molar-refractivity contribution in [3.05, 3.63) is 28.8 Å². The summed E-state index contributed by atoms with van der Waals surface area (Å²) in [6.07, 6.45) is 0. The molecule has 0 saturated carbocycles. The monoisotopic (exact) mass is 298 g/mol. The summed E-state index contributed by atoms with van der Waals surface area (Å²) in [6, 6.07) is 5.71. The predicted octanol–water partition coefficient (Wildman–Crippen LogP) is 4.09. The summed E-state index contributed by atoms with van der Waals surface area (Å²) in [7, 11) is 0. The third kappa shape index (κ3) is 5.00. The molecule has 2 N–H and O–H groups in total. The van der Waals surface area contributed by atoms with E-state index in [1.54, 1.807) is 0 Å². The Morgan fingerprint density at radius 3 is 2.16 bits per heavy atom. The lowest BCUT2D eigenvalue weighted by Crippen LogP contribution is -2.33. The zero-order chi connectivity index (χ0) is 14.6. The normalized spacial score (nSPS) is 11.1. The fourth-order valence-electron chi connectivity index (χ4n) is 2.13. The minimum absolute atomic E-state index is 0.421. The average molecular weight is 299 g/mol. The molecule has 0 bridgehead atoms. The fourth-order valence-corrected chi connectivity index (χ4v) is 2.47. The summed E-state index contributed by atoms with van der Waals surface area (Å²) < 4.78 is 0. The molecule has 0 spiro atoms. The van der Waals surface area contributed by atoms with Gasteiger partial charge in [0.2, 0.25) is 0 Å². The first-order chi connectivity index (χ1) is 8.81. The van der Waals surface area contributed by atoms with Crippen LogP contribution in [0.5, 0.6) is 0 Å². The van der Waals surface area contributed by atoms with Gasteiger partial charge in [0.1, 0.15) is 4.99 Å². The van der Waals surface area contributed by atoms with Gasteiger partial charge < -0.3 is 10.6 Å². The Bertz CT molecular complexity index is 434. The molecule has 0 aliphatic carbocycles. The fraction of sp³-hybridized carbons (Fsp3) is 0.533.